The average Bonchev–Trinajstić information content (AvgIpc) is 3.24. The topological polar surface area (TPSA) is 89.1 Å². The van der Waals surface area contributed by atoms with Crippen LogP contribution in [0.1, 0.15) is 37.0 Å². The number of aromatic amines is 1. The molecule has 1 aromatic heterocycles. The maximum Gasteiger partial charge on any atom is 0.387 e. The Kier molecular flexibility index (Phi) is 9.39. The number of H-pyrrole nitrogens is 1. The number of aromatic nitrogens is 3. The molecule has 166 valence electrons. The van der Waals surface area contributed by atoms with Gasteiger partial charge in [-0.15, -0.1) is 0 Å². The van der Waals surface area contributed by atoms with Crippen LogP contribution in [0.25, 0.3) is 11.4 Å². The van der Waals surface area contributed by atoms with E-state index < -0.39 is 12.5 Å². The van der Waals surface area contributed by atoms with Gasteiger partial charge in [-0.3, -0.25) is 9.89 Å². The van der Waals surface area contributed by atoms with Crippen molar-refractivity contribution in [3.63, 3.8) is 0 Å². The maximum absolute atomic E-state index is 12.5. The average molecular weight is 497 g/mol. The minimum atomic E-state index is -3.02. The summed E-state index contributed by atoms with van der Waals surface area (Å²) in [5.41, 5.74) is 0.684. The van der Waals surface area contributed by atoms with Gasteiger partial charge in [-0.2, -0.15) is 13.9 Å². The smallest absolute Gasteiger partial charge is 0.387 e. The summed E-state index contributed by atoms with van der Waals surface area (Å²) in [4.78, 5) is 16.7. The van der Waals surface area contributed by atoms with Crippen LogP contribution in [0.15, 0.2) is 46.9 Å². The highest BCUT2D eigenvalue weighted by Crippen LogP contribution is 2.30. The fourth-order valence-electron chi connectivity index (χ4n) is 2.57. The second-order valence-electron chi connectivity index (χ2n) is 5.74. The number of alkyl halides is 2. The molecule has 0 aliphatic heterocycles. The summed E-state index contributed by atoms with van der Waals surface area (Å²) >= 11 is 3.41. The highest BCUT2D eigenvalue weighted by atomic mass is 79.9. The molecule has 10 heteroatoms. The largest absolute Gasteiger partial charge is 0.493 e. The van der Waals surface area contributed by atoms with E-state index in [1.807, 2.05) is 32.9 Å². The van der Waals surface area contributed by atoms with Crippen LogP contribution in [0.2, 0.25) is 0 Å². The molecule has 0 aliphatic carbocycles. The molecule has 0 bridgehead atoms. The number of carbonyl (C=O) groups is 1. The van der Waals surface area contributed by atoms with Crippen LogP contribution >= 0.6 is 15.9 Å². The number of carbonyl (C=O) groups excluding carboxylic acids is 1. The van der Waals surface area contributed by atoms with Gasteiger partial charge in [0.15, 0.2) is 5.82 Å². The zero-order valence-corrected chi connectivity index (χ0v) is 18.9. The van der Waals surface area contributed by atoms with E-state index in [0.29, 0.717) is 29.6 Å². The van der Waals surface area contributed by atoms with Crippen molar-refractivity contribution < 1.29 is 23.0 Å². The zero-order valence-electron chi connectivity index (χ0n) is 17.3. The zero-order chi connectivity index (χ0) is 22.8. The number of para-hydroxylation sites is 1. The molecule has 2 N–H and O–H groups in total. The lowest BCUT2D eigenvalue weighted by molar-refractivity contribution is -0.0501. The molecule has 0 aliphatic rings. The fourth-order valence-corrected chi connectivity index (χ4v) is 2.93. The molecule has 0 saturated carbocycles. The molecule has 0 fully saturated rings. The van der Waals surface area contributed by atoms with E-state index in [4.69, 9.17) is 4.74 Å². The molecule has 0 saturated heterocycles. The van der Waals surface area contributed by atoms with Gasteiger partial charge in [-0.25, -0.2) is 4.98 Å². The number of halogens is 3. The molecule has 0 atom stereocenters. The summed E-state index contributed by atoms with van der Waals surface area (Å²) in [7, 11) is 0. The van der Waals surface area contributed by atoms with Crippen molar-refractivity contribution in [3.05, 3.63) is 58.3 Å². The molecule has 0 radical (unpaired) electrons. The highest BCUT2D eigenvalue weighted by molar-refractivity contribution is 9.10. The molecule has 3 aromatic rings. The Bertz CT molecular complexity index is 998. The van der Waals surface area contributed by atoms with Gasteiger partial charge >= 0.3 is 6.61 Å². The van der Waals surface area contributed by atoms with E-state index in [2.05, 4.69) is 41.2 Å². The third-order valence-electron chi connectivity index (χ3n) is 3.78. The number of ether oxygens (including phenoxy) is 2. The van der Waals surface area contributed by atoms with Crippen molar-refractivity contribution >= 4 is 21.8 Å². The molecule has 1 heterocycles. The normalized spacial score (nSPS) is 10.3. The molecule has 0 unspecified atom stereocenters. The number of benzene rings is 2. The van der Waals surface area contributed by atoms with Crippen molar-refractivity contribution in [1.82, 2.24) is 20.5 Å². The van der Waals surface area contributed by atoms with Gasteiger partial charge in [0.25, 0.3) is 5.91 Å². The number of hydrogen-bond acceptors (Lipinski definition) is 5. The first-order chi connectivity index (χ1) is 15.0. The van der Waals surface area contributed by atoms with Gasteiger partial charge < -0.3 is 14.8 Å². The first kappa shape index (κ1) is 24.3. The van der Waals surface area contributed by atoms with Crippen LogP contribution in [0.5, 0.6) is 11.5 Å². The van der Waals surface area contributed by atoms with Gasteiger partial charge in [-0.05, 0) is 37.3 Å². The molecular weight excluding hydrogens is 474 g/mol. The van der Waals surface area contributed by atoms with E-state index in [-0.39, 0.29) is 17.9 Å². The Morgan fingerprint density at radius 3 is 2.65 bits per heavy atom. The Morgan fingerprint density at radius 1 is 1.19 bits per heavy atom. The fraction of sp³-hybridized carbons (Fsp3) is 0.286. The van der Waals surface area contributed by atoms with E-state index in [9.17, 15) is 13.6 Å². The second-order valence-corrected chi connectivity index (χ2v) is 6.65. The predicted octanol–water partition coefficient (Wildman–Crippen LogP) is 5.19. The molecule has 3 rings (SSSR count). The van der Waals surface area contributed by atoms with Gasteiger partial charge in [0.05, 0.1) is 24.3 Å². The minimum Gasteiger partial charge on any atom is -0.493 e. The summed E-state index contributed by atoms with van der Waals surface area (Å²) < 4.78 is 35.8. The van der Waals surface area contributed by atoms with Crippen LogP contribution in [0.3, 0.4) is 0 Å². The third-order valence-corrected chi connectivity index (χ3v) is 4.27. The molecule has 2 aromatic carbocycles. The van der Waals surface area contributed by atoms with E-state index in [1.54, 1.807) is 12.1 Å². The first-order valence-corrected chi connectivity index (χ1v) is 10.4. The Hall–Kier alpha value is -3.01. The van der Waals surface area contributed by atoms with Crippen molar-refractivity contribution in [2.24, 2.45) is 0 Å². The predicted molar refractivity (Wildman–Crippen MR) is 116 cm³/mol. The summed E-state index contributed by atoms with van der Waals surface area (Å²) in [6.45, 7) is 3.36. The summed E-state index contributed by atoms with van der Waals surface area (Å²) in [5.74, 6) is 0.650. The third kappa shape index (κ3) is 6.74. The molecule has 0 spiro atoms. The lowest BCUT2D eigenvalue weighted by Crippen LogP contribution is -2.24. The van der Waals surface area contributed by atoms with Crippen molar-refractivity contribution in [3.8, 4) is 22.9 Å². The maximum atomic E-state index is 12.5. The van der Waals surface area contributed by atoms with Crippen LogP contribution in [-0.2, 0) is 6.54 Å². The summed E-state index contributed by atoms with van der Waals surface area (Å²) in [5, 5.41) is 9.52. The number of amides is 1. The molecule has 7 nitrogen and oxygen atoms in total. The lowest BCUT2D eigenvalue weighted by atomic mass is 10.2. The monoisotopic (exact) mass is 496 g/mol. The molecule has 31 heavy (non-hydrogen) atoms. The molecular formula is C21H23BrF2N4O3. The van der Waals surface area contributed by atoms with Crippen LogP contribution < -0.4 is 14.8 Å². The molecule has 1 amide bonds. The van der Waals surface area contributed by atoms with Gasteiger partial charge in [-0.1, -0.05) is 41.9 Å². The van der Waals surface area contributed by atoms with E-state index >= 15 is 0 Å². The Balaban J connectivity index is 0.00000166. The number of rotatable bonds is 8. The number of nitrogens with one attached hydrogen (secondary N) is 2. The van der Waals surface area contributed by atoms with Crippen LogP contribution in [-0.4, -0.2) is 34.3 Å². The quantitative estimate of drug-likeness (QED) is 0.447. The number of hydrogen-bond donors (Lipinski definition) is 2. The Labute approximate surface area is 187 Å². The summed E-state index contributed by atoms with van der Waals surface area (Å²) in [6, 6.07) is 11.2. The standard InChI is InChI=1S/C19H17BrF2N4O3.C2H6/c1-2-28-14-8-7-11(20)9-13(14)17-24-16(25-26-17)10-23-18(27)12-5-3-4-6-15(12)29-19(21)22;1-2/h3-9,19H,2,10H2,1H3,(H,23,27)(H,24,25,26);1-2H3. The SMILES string of the molecule is CC.CCOc1ccc(Br)cc1-c1n[nH]c(CNC(=O)c2ccccc2OC(F)F)n1. The van der Waals surface area contributed by atoms with Crippen LogP contribution in [0.4, 0.5) is 8.78 Å². The van der Waals surface area contributed by atoms with Crippen molar-refractivity contribution in [2.45, 2.75) is 33.9 Å². The van der Waals surface area contributed by atoms with Crippen LogP contribution in [0, 0.1) is 0 Å². The van der Waals surface area contributed by atoms with E-state index in [0.717, 1.165) is 4.47 Å². The highest BCUT2D eigenvalue weighted by Gasteiger charge is 2.17. The minimum absolute atomic E-state index is 0.00170. The van der Waals surface area contributed by atoms with Gasteiger partial charge in [0, 0.05) is 4.47 Å². The second kappa shape index (κ2) is 12.0. The van der Waals surface area contributed by atoms with Gasteiger partial charge in [0.1, 0.15) is 17.3 Å². The Morgan fingerprint density at radius 2 is 1.94 bits per heavy atom. The van der Waals surface area contributed by atoms with E-state index in [1.165, 1.54) is 18.2 Å². The van der Waals surface area contributed by atoms with Gasteiger partial charge in [0.2, 0.25) is 0 Å². The number of nitrogens with zero attached hydrogens (tertiary/aromatic N) is 2. The van der Waals surface area contributed by atoms with Crippen molar-refractivity contribution in [1.29, 1.82) is 0 Å². The summed E-state index contributed by atoms with van der Waals surface area (Å²) in [6.07, 6.45) is 0. The van der Waals surface area contributed by atoms with Crippen molar-refractivity contribution in [2.75, 3.05) is 6.61 Å². The lowest BCUT2D eigenvalue weighted by Gasteiger charge is -2.10. The first-order valence-electron chi connectivity index (χ1n) is 9.64.